The number of halogens is 2. The number of carbonyl (C=O) groups excluding carboxylic acids is 1. The number of carboxylic acid groups (broad SMARTS) is 1. The average molecular weight is 517 g/mol. The minimum Gasteiger partial charge on any atom is -0.478 e. The summed E-state index contributed by atoms with van der Waals surface area (Å²) >= 11 is 12.6. The maximum atomic E-state index is 12.7. The third kappa shape index (κ3) is 4.66. The van der Waals surface area contributed by atoms with Crippen LogP contribution in [0.3, 0.4) is 0 Å². The molecule has 0 spiro atoms. The molecule has 0 radical (unpaired) electrons. The van der Waals surface area contributed by atoms with Gasteiger partial charge in [0.25, 0.3) is 5.91 Å². The van der Waals surface area contributed by atoms with E-state index in [1.54, 1.807) is 36.5 Å². The molecule has 0 aliphatic heterocycles. The molecule has 0 fully saturated rings. The van der Waals surface area contributed by atoms with Crippen LogP contribution in [0.1, 0.15) is 32.0 Å². The molecule has 2 N–H and O–H groups in total. The number of carbonyl (C=O) groups is 2. The van der Waals surface area contributed by atoms with Crippen molar-refractivity contribution in [1.29, 1.82) is 0 Å². The van der Waals surface area contributed by atoms with Gasteiger partial charge in [0.05, 0.1) is 23.5 Å². The summed E-state index contributed by atoms with van der Waals surface area (Å²) < 4.78 is 2.09. The molecule has 0 bridgehead atoms. The Bertz CT molecular complexity index is 1660. The predicted molar refractivity (Wildman–Crippen MR) is 141 cm³/mol. The molecule has 9 heteroatoms. The Morgan fingerprint density at radius 3 is 2.53 bits per heavy atom. The highest BCUT2D eigenvalue weighted by atomic mass is 35.5. The summed E-state index contributed by atoms with van der Waals surface area (Å²) in [5.74, 6) is -1.48. The molecular formula is C27H18Cl2N4O3. The molecule has 2 aromatic heterocycles. The zero-order valence-corrected chi connectivity index (χ0v) is 20.2. The van der Waals surface area contributed by atoms with Crippen molar-refractivity contribution < 1.29 is 14.7 Å². The number of fused-ring (bicyclic) bond motifs is 3. The van der Waals surface area contributed by atoms with Gasteiger partial charge in [-0.2, -0.15) is 5.10 Å². The normalized spacial score (nSPS) is 11.4. The van der Waals surface area contributed by atoms with Gasteiger partial charge in [0.2, 0.25) is 0 Å². The highest BCUT2D eigenvalue weighted by Gasteiger charge is 2.16. The summed E-state index contributed by atoms with van der Waals surface area (Å²) in [6.45, 7) is 0.488. The number of rotatable bonds is 6. The largest absolute Gasteiger partial charge is 0.478 e. The first kappa shape index (κ1) is 23.5. The molecule has 0 unspecified atom stereocenters. The van der Waals surface area contributed by atoms with E-state index in [0.29, 0.717) is 22.2 Å². The Kier molecular flexibility index (Phi) is 6.41. The summed E-state index contributed by atoms with van der Waals surface area (Å²) in [6, 6.07) is 21.1. The Labute approximate surface area is 215 Å². The minimum atomic E-state index is -1.01. The van der Waals surface area contributed by atoms with E-state index in [4.69, 9.17) is 28.3 Å². The number of hydrogen-bond acceptors (Lipinski definition) is 4. The summed E-state index contributed by atoms with van der Waals surface area (Å²) in [5, 5.41) is 16.0. The van der Waals surface area contributed by atoms with E-state index in [2.05, 4.69) is 20.1 Å². The maximum Gasteiger partial charge on any atom is 0.335 e. The summed E-state index contributed by atoms with van der Waals surface area (Å²) in [6.07, 6.45) is 3.10. The Morgan fingerprint density at radius 2 is 1.75 bits per heavy atom. The van der Waals surface area contributed by atoms with Crippen LogP contribution in [-0.2, 0) is 6.54 Å². The lowest BCUT2D eigenvalue weighted by molar-refractivity contribution is 0.0696. The molecule has 7 nitrogen and oxygen atoms in total. The Morgan fingerprint density at radius 1 is 0.972 bits per heavy atom. The monoisotopic (exact) mass is 516 g/mol. The fourth-order valence-corrected chi connectivity index (χ4v) is 4.38. The zero-order valence-electron chi connectivity index (χ0n) is 18.7. The predicted octanol–water partition coefficient (Wildman–Crippen LogP) is 6.01. The second-order valence-electron chi connectivity index (χ2n) is 8.05. The van der Waals surface area contributed by atoms with Crippen LogP contribution in [0, 0.1) is 0 Å². The number of aromatic carboxylic acids is 1. The van der Waals surface area contributed by atoms with Crippen LogP contribution in [0.5, 0.6) is 0 Å². The van der Waals surface area contributed by atoms with Gasteiger partial charge in [0.15, 0.2) is 0 Å². The van der Waals surface area contributed by atoms with E-state index in [-0.39, 0.29) is 11.3 Å². The van der Waals surface area contributed by atoms with Gasteiger partial charge in [-0.15, -0.1) is 0 Å². The van der Waals surface area contributed by atoms with Crippen LogP contribution < -0.4 is 5.43 Å². The second-order valence-corrected chi connectivity index (χ2v) is 8.90. The van der Waals surface area contributed by atoms with Crippen molar-refractivity contribution in [2.24, 2.45) is 5.10 Å². The molecule has 0 atom stereocenters. The van der Waals surface area contributed by atoms with E-state index in [9.17, 15) is 9.59 Å². The van der Waals surface area contributed by atoms with Crippen molar-refractivity contribution in [3.8, 4) is 0 Å². The van der Waals surface area contributed by atoms with Gasteiger partial charge in [0.1, 0.15) is 5.69 Å². The molecule has 0 saturated carbocycles. The standard InChI is InChI=1S/C27H18Cl2N4O3/c28-19-9-10-22(29)18(11-19)15-33-24-4-2-1-3-20(24)21-12-23(30-14-25(21)33)26(34)32-31-13-16-5-7-17(8-6-16)27(35)36/h1-14H,15H2,(H,32,34)(H,35,36)/b31-13-. The molecule has 5 rings (SSSR count). The average Bonchev–Trinajstić information content (AvgIpc) is 3.19. The number of pyridine rings is 1. The highest BCUT2D eigenvalue weighted by Crippen LogP contribution is 2.31. The number of carboxylic acids is 1. The number of nitrogens with zero attached hydrogens (tertiary/aromatic N) is 3. The third-order valence-corrected chi connectivity index (χ3v) is 6.37. The molecular weight excluding hydrogens is 499 g/mol. The number of hydrogen-bond donors (Lipinski definition) is 2. The molecule has 1 amide bonds. The Balaban J connectivity index is 1.44. The quantitative estimate of drug-likeness (QED) is 0.213. The van der Waals surface area contributed by atoms with E-state index in [1.807, 2.05) is 30.3 Å². The summed E-state index contributed by atoms with van der Waals surface area (Å²) in [4.78, 5) is 28.1. The van der Waals surface area contributed by atoms with Crippen molar-refractivity contribution in [2.45, 2.75) is 6.54 Å². The van der Waals surface area contributed by atoms with Crippen LogP contribution in [0.2, 0.25) is 10.0 Å². The first-order chi connectivity index (χ1) is 17.4. The molecule has 0 aliphatic carbocycles. The van der Waals surface area contributed by atoms with Crippen LogP contribution in [0.4, 0.5) is 0 Å². The summed E-state index contributed by atoms with van der Waals surface area (Å²) in [5.41, 5.74) is 6.20. The topological polar surface area (TPSA) is 96.6 Å². The first-order valence-corrected chi connectivity index (χ1v) is 11.6. The van der Waals surface area contributed by atoms with Gasteiger partial charge in [0, 0.05) is 32.9 Å². The first-order valence-electron chi connectivity index (χ1n) is 10.9. The molecule has 0 aliphatic rings. The smallest absolute Gasteiger partial charge is 0.335 e. The number of amides is 1. The van der Waals surface area contributed by atoms with E-state index in [0.717, 1.165) is 27.4 Å². The van der Waals surface area contributed by atoms with Gasteiger partial charge in [-0.3, -0.25) is 4.79 Å². The maximum absolute atomic E-state index is 12.7. The number of aromatic nitrogens is 2. The van der Waals surface area contributed by atoms with E-state index in [1.165, 1.54) is 18.3 Å². The number of nitrogens with one attached hydrogen (secondary N) is 1. The van der Waals surface area contributed by atoms with Gasteiger partial charge in [-0.1, -0.05) is 53.5 Å². The lowest BCUT2D eigenvalue weighted by Crippen LogP contribution is -2.19. The zero-order chi connectivity index (χ0) is 25.2. The van der Waals surface area contributed by atoms with Crippen LogP contribution in [-0.4, -0.2) is 32.7 Å². The molecule has 2 heterocycles. The van der Waals surface area contributed by atoms with Crippen molar-refractivity contribution in [1.82, 2.24) is 15.0 Å². The summed E-state index contributed by atoms with van der Waals surface area (Å²) in [7, 11) is 0. The number of benzene rings is 3. The fourth-order valence-electron chi connectivity index (χ4n) is 4.01. The minimum absolute atomic E-state index is 0.172. The third-order valence-electron chi connectivity index (χ3n) is 5.76. The fraction of sp³-hybridized carbons (Fsp3) is 0.0370. The number of hydrazone groups is 1. The SMILES string of the molecule is O=C(O)c1ccc(/C=N\NC(=O)c2cc3c4ccccc4n(Cc4cc(Cl)ccc4Cl)c3cn2)cc1. The van der Waals surface area contributed by atoms with Crippen LogP contribution in [0.15, 0.2) is 84.1 Å². The van der Waals surface area contributed by atoms with Gasteiger partial charge in [-0.25, -0.2) is 15.2 Å². The van der Waals surface area contributed by atoms with E-state index >= 15 is 0 Å². The highest BCUT2D eigenvalue weighted by molar-refractivity contribution is 6.33. The number of para-hydroxylation sites is 1. The Hall–Kier alpha value is -4.20. The molecule has 178 valence electrons. The van der Waals surface area contributed by atoms with Crippen molar-refractivity contribution in [2.75, 3.05) is 0 Å². The van der Waals surface area contributed by atoms with Gasteiger partial charge < -0.3 is 9.67 Å². The molecule has 0 saturated heterocycles. The lowest BCUT2D eigenvalue weighted by Gasteiger charge is -2.10. The van der Waals surface area contributed by atoms with Gasteiger partial charge in [-0.05, 0) is 53.6 Å². The lowest BCUT2D eigenvalue weighted by atomic mass is 10.1. The second kappa shape index (κ2) is 9.81. The molecule has 3 aromatic carbocycles. The van der Waals surface area contributed by atoms with Crippen molar-refractivity contribution in [3.63, 3.8) is 0 Å². The van der Waals surface area contributed by atoms with Crippen molar-refractivity contribution in [3.05, 3.63) is 111 Å². The van der Waals surface area contributed by atoms with Crippen LogP contribution in [0.25, 0.3) is 21.8 Å². The van der Waals surface area contributed by atoms with Gasteiger partial charge >= 0.3 is 5.97 Å². The molecule has 36 heavy (non-hydrogen) atoms. The van der Waals surface area contributed by atoms with Crippen LogP contribution >= 0.6 is 23.2 Å². The van der Waals surface area contributed by atoms with E-state index < -0.39 is 11.9 Å². The van der Waals surface area contributed by atoms with Crippen molar-refractivity contribution >= 4 is 63.1 Å². The molecule has 5 aromatic rings.